The van der Waals surface area contributed by atoms with Crippen molar-refractivity contribution in [1.29, 1.82) is 0 Å². The van der Waals surface area contributed by atoms with Crippen LogP contribution in [0.15, 0.2) is 0 Å². The zero-order valence-electron chi connectivity index (χ0n) is 5.16. The number of halogens is 1. The van der Waals surface area contributed by atoms with Gasteiger partial charge < -0.3 is 4.90 Å². The van der Waals surface area contributed by atoms with Gasteiger partial charge in [-0.05, 0) is 6.42 Å². The quantitative estimate of drug-likeness (QED) is 0.483. The molecule has 0 aromatic heterocycles. The SMILES string of the molecule is CN1CCCC1=O.[Cu][I]. The number of carbonyl (C=O) groups is 1. The number of amides is 1. The number of hydrogen-bond acceptors (Lipinski definition) is 1. The van der Waals surface area contributed by atoms with Crippen LogP contribution in [0.3, 0.4) is 0 Å². The Morgan fingerprint density at radius 2 is 2.22 bits per heavy atom. The fourth-order valence-electron chi connectivity index (χ4n) is 0.783. The zero-order chi connectivity index (χ0) is 7.28. The minimum atomic E-state index is 0.292. The number of nitrogens with zero attached hydrogens (tertiary/aromatic N) is 1. The first-order valence-electron chi connectivity index (χ1n) is 2.66. The van der Waals surface area contributed by atoms with Crippen molar-refractivity contribution in [3.05, 3.63) is 0 Å². The maximum atomic E-state index is 10.5. The molecule has 58 valence electrons. The Bertz CT molecular complexity index is 99.0. The summed E-state index contributed by atoms with van der Waals surface area (Å²) >= 11 is 5.87. The molecule has 1 saturated heterocycles. The van der Waals surface area contributed by atoms with E-state index in [4.69, 9.17) is 0 Å². The van der Waals surface area contributed by atoms with Gasteiger partial charge >= 0.3 is 33.1 Å². The van der Waals surface area contributed by atoms with E-state index in [9.17, 15) is 4.79 Å². The first-order valence-corrected chi connectivity index (χ1v) is 5.70. The Morgan fingerprint density at radius 3 is 2.33 bits per heavy atom. The van der Waals surface area contributed by atoms with E-state index in [0.717, 1.165) is 19.4 Å². The molecule has 0 saturated carbocycles. The van der Waals surface area contributed by atoms with Crippen molar-refractivity contribution in [2.75, 3.05) is 13.6 Å². The summed E-state index contributed by atoms with van der Waals surface area (Å²) in [5.74, 6) is 0.292. The molecular weight excluding hydrogens is 281 g/mol. The summed E-state index contributed by atoms with van der Waals surface area (Å²) in [6.07, 6.45) is 1.81. The van der Waals surface area contributed by atoms with Crippen LogP contribution in [0, 0.1) is 0 Å². The van der Waals surface area contributed by atoms with E-state index in [2.05, 4.69) is 12.8 Å². The molecule has 0 atom stereocenters. The number of carbonyl (C=O) groups excluding carboxylic acids is 1. The molecule has 1 heterocycles. The molecule has 0 aromatic rings. The van der Waals surface area contributed by atoms with Crippen LogP contribution in [0.25, 0.3) is 0 Å². The van der Waals surface area contributed by atoms with Gasteiger partial charge in [-0.2, -0.15) is 0 Å². The van der Waals surface area contributed by atoms with Crippen molar-refractivity contribution in [1.82, 2.24) is 4.90 Å². The number of hydrogen-bond donors (Lipinski definition) is 0. The second kappa shape index (κ2) is 5.50. The van der Waals surface area contributed by atoms with Crippen LogP contribution in [0.4, 0.5) is 0 Å². The fourth-order valence-corrected chi connectivity index (χ4v) is 0.783. The van der Waals surface area contributed by atoms with Gasteiger partial charge in [-0.25, -0.2) is 0 Å². The Morgan fingerprint density at radius 1 is 1.67 bits per heavy atom. The summed E-state index contributed by atoms with van der Waals surface area (Å²) in [7, 11) is 1.84. The van der Waals surface area contributed by atoms with E-state index >= 15 is 0 Å². The van der Waals surface area contributed by atoms with Gasteiger partial charge in [0.25, 0.3) is 0 Å². The molecular formula is C5H9CuINO. The van der Waals surface area contributed by atoms with Gasteiger partial charge in [0.05, 0.1) is 0 Å². The van der Waals surface area contributed by atoms with Gasteiger partial charge in [-0.15, -0.1) is 0 Å². The minimum absolute atomic E-state index is 0.292. The molecule has 1 amide bonds. The van der Waals surface area contributed by atoms with Gasteiger partial charge in [-0.1, -0.05) is 0 Å². The van der Waals surface area contributed by atoms with Gasteiger partial charge in [0.2, 0.25) is 5.91 Å². The van der Waals surface area contributed by atoms with E-state index in [1.165, 1.54) is 0 Å². The fraction of sp³-hybridized carbons (Fsp3) is 0.800. The molecule has 1 fully saturated rings. The second-order valence-corrected chi connectivity index (χ2v) is 1.92. The monoisotopic (exact) mass is 289 g/mol. The maximum absolute atomic E-state index is 10.5. The summed E-state index contributed by atoms with van der Waals surface area (Å²) in [5.41, 5.74) is 0. The molecule has 1 rings (SSSR count). The van der Waals surface area contributed by atoms with E-state index in [0.29, 0.717) is 5.91 Å². The summed E-state index contributed by atoms with van der Waals surface area (Å²) < 4.78 is 0. The average Bonchev–Trinajstić information content (AvgIpc) is 2.23. The molecule has 0 bridgehead atoms. The summed E-state index contributed by atoms with van der Waals surface area (Å²) in [6.45, 7) is 0.957. The molecule has 0 N–H and O–H groups in total. The third kappa shape index (κ3) is 3.43. The van der Waals surface area contributed by atoms with E-state index in [1.54, 1.807) is 25.2 Å². The van der Waals surface area contributed by atoms with Gasteiger partial charge in [0, 0.05) is 20.0 Å². The predicted octanol–water partition coefficient (Wildman–Crippen LogP) is 1.12. The van der Waals surface area contributed by atoms with Crippen molar-refractivity contribution < 1.29 is 17.6 Å². The van der Waals surface area contributed by atoms with Gasteiger partial charge in [0.15, 0.2) is 0 Å². The van der Waals surface area contributed by atoms with E-state index in [-0.39, 0.29) is 0 Å². The number of rotatable bonds is 0. The van der Waals surface area contributed by atoms with Crippen LogP contribution in [0.2, 0.25) is 0 Å². The van der Waals surface area contributed by atoms with Gasteiger partial charge in [0.1, 0.15) is 0 Å². The molecule has 9 heavy (non-hydrogen) atoms. The molecule has 0 unspecified atom stereocenters. The van der Waals surface area contributed by atoms with E-state index < -0.39 is 0 Å². The van der Waals surface area contributed by atoms with Crippen molar-refractivity contribution in [3.63, 3.8) is 0 Å². The van der Waals surface area contributed by atoms with Crippen LogP contribution < -0.4 is 0 Å². The molecule has 0 aromatic carbocycles. The third-order valence-electron chi connectivity index (χ3n) is 1.31. The van der Waals surface area contributed by atoms with Crippen LogP contribution in [-0.4, -0.2) is 24.4 Å². The Labute approximate surface area is 74.9 Å². The van der Waals surface area contributed by atoms with Crippen molar-refractivity contribution in [2.45, 2.75) is 12.8 Å². The van der Waals surface area contributed by atoms with E-state index in [1.807, 2.05) is 7.05 Å². The van der Waals surface area contributed by atoms with Crippen LogP contribution >= 0.6 is 20.3 Å². The third-order valence-corrected chi connectivity index (χ3v) is 1.31. The first kappa shape index (κ1) is 9.72. The Kier molecular flexibility index (Phi) is 5.94. The molecule has 1 aliphatic heterocycles. The van der Waals surface area contributed by atoms with Crippen molar-refractivity contribution in [3.8, 4) is 0 Å². The van der Waals surface area contributed by atoms with Crippen LogP contribution in [0.1, 0.15) is 12.8 Å². The standard InChI is InChI=1S/C5H9NO.Cu.HI/c1-6-4-2-3-5(6)7;;/h2-4H2,1H3;;1H/q;+1;/p-1. The Hall–Kier alpha value is 0.719. The molecule has 4 heteroatoms. The van der Waals surface area contributed by atoms with Crippen LogP contribution in [0.5, 0.6) is 0 Å². The van der Waals surface area contributed by atoms with Crippen molar-refractivity contribution >= 4 is 26.3 Å². The molecule has 0 aliphatic carbocycles. The summed E-state index contributed by atoms with van der Waals surface area (Å²) in [6, 6.07) is 0. The number of likely N-dealkylation sites (tertiary alicyclic amines) is 1. The molecule has 0 radical (unpaired) electrons. The first-order chi connectivity index (χ1) is 4.30. The summed E-state index contributed by atoms with van der Waals surface area (Å²) in [4.78, 5) is 12.3. The second-order valence-electron chi connectivity index (χ2n) is 1.92. The summed E-state index contributed by atoms with van der Waals surface area (Å²) in [5, 5.41) is 0. The molecule has 1 aliphatic rings. The Balaban J connectivity index is 0.000000291. The van der Waals surface area contributed by atoms with Crippen molar-refractivity contribution in [2.24, 2.45) is 0 Å². The molecule has 0 spiro atoms. The average molecular weight is 290 g/mol. The zero-order valence-corrected chi connectivity index (χ0v) is 8.26. The topological polar surface area (TPSA) is 20.3 Å². The van der Waals surface area contributed by atoms with Gasteiger partial charge in [-0.3, -0.25) is 4.79 Å². The van der Waals surface area contributed by atoms with Crippen LogP contribution in [-0.2, 0) is 17.6 Å². The predicted molar refractivity (Wildman–Crippen MR) is 40.9 cm³/mol. The normalized spacial score (nSPS) is 17.3. The molecule has 2 nitrogen and oxygen atoms in total.